The molecule has 4 aliphatic carbocycles. The molecule has 1 aliphatic heterocycles. The molecular weight excluding hydrogens is 468 g/mol. The first-order valence-corrected chi connectivity index (χ1v) is 13.2. The van der Waals surface area contributed by atoms with Gasteiger partial charge in [0.2, 0.25) is 0 Å². The van der Waals surface area contributed by atoms with Crippen molar-refractivity contribution in [3.05, 3.63) is 11.6 Å². The number of esters is 1. The summed E-state index contributed by atoms with van der Waals surface area (Å²) in [5.41, 5.74) is -0.359. The molecule has 1 saturated heterocycles. The van der Waals surface area contributed by atoms with E-state index in [4.69, 9.17) is 14.6 Å². The fraction of sp³-hybridized carbons (Fsp3) is 0.778. The number of unbranched alkanes of at least 4 members (excludes halogenated alkanes) is 1. The van der Waals surface area contributed by atoms with Crippen molar-refractivity contribution in [2.75, 3.05) is 6.61 Å². The molecular formula is C27H36O9. The van der Waals surface area contributed by atoms with Crippen molar-refractivity contribution < 1.29 is 44.0 Å². The van der Waals surface area contributed by atoms with Crippen molar-refractivity contribution in [1.29, 1.82) is 0 Å². The Labute approximate surface area is 210 Å². The third-order valence-electron chi connectivity index (χ3n) is 10.1. The van der Waals surface area contributed by atoms with Crippen molar-refractivity contribution >= 4 is 23.5 Å². The van der Waals surface area contributed by atoms with E-state index in [2.05, 4.69) is 6.92 Å². The van der Waals surface area contributed by atoms with Crippen LogP contribution in [0.25, 0.3) is 0 Å². The van der Waals surface area contributed by atoms with Crippen LogP contribution in [0.4, 0.5) is 0 Å². The Bertz CT molecular complexity index is 988. The van der Waals surface area contributed by atoms with Gasteiger partial charge in [-0.1, -0.05) is 6.92 Å². The number of hydrogen-bond acceptors (Lipinski definition) is 8. The summed E-state index contributed by atoms with van der Waals surface area (Å²) in [6.45, 7) is 1.56. The van der Waals surface area contributed by atoms with Crippen LogP contribution in [0.5, 0.6) is 0 Å². The predicted molar refractivity (Wildman–Crippen MR) is 124 cm³/mol. The Morgan fingerprint density at radius 1 is 1.19 bits per heavy atom. The van der Waals surface area contributed by atoms with Gasteiger partial charge in [-0.15, -0.1) is 0 Å². The molecule has 36 heavy (non-hydrogen) atoms. The minimum absolute atomic E-state index is 0.000602. The topological polar surface area (TPSA) is 147 Å². The molecule has 2 unspecified atom stereocenters. The van der Waals surface area contributed by atoms with E-state index in [1.165, 1.54) is 0 Å². The highest BCUT2D eigenvalue weighted by atomic mass is 16.6. The Morgan fingerprint density at radius 2 is 1.94 bits per heavy atom. The Hall–Kier alpha value is -2.10. The van der Waals surface area contributed by atoms with Crippen LogP contribution >= 0.6 is 0 Å². The number of aliphatic carboxylic acids is 1. The molecule has 2 bridgehead atoms. The number of carboxylic acid groups (broad SMARTS) is 1. The molecule has 0 aromatic rings. The van der Waals surface area contributed by atoms with Gasteiger partial charge >= 0.3 is 11.9 Å². The van der Waals surface area contributed by atoms with E-state index in [9.17, 15) is 29.4 Å². The summed E-state index contributed by atoms with van der Waals surface area (Å²) in [7, 11) is 0. The van der Waals surface area contributed by atoms with Crippen LogP contribution in [0.15, 0.2) is 11.6 Å². The number of aliphatic hydroxyl groups excluding tert-OH is 2. The minimum atomic E-state index is -1.09. The quantitative estimate of drug-likeness (QED) is 0.334. The lowest BCUT2D eigenvalue weighted by atomic mass is 9.45. The SMILES string of the molecule is C[C@]12CCC(=O)C=C1[C@@H](OC(=O)CCCCC(=O)O)C[C@@H]1[C@@H]2[C@@H]2CC3(C(O)O2)[C@@H](C(=O)CO)CC[C@@H]13. The molecule has 9 nitrogen and oxygen atoms in total. The third-order valence-corrected chi connectivity index (χ3v) is 10.1. The standard InChI is InChI=1S/C27H36O9/c1-26-9-8-14(29)10-18(26)20(35-23(33)5-3-2-4-22(31)32)11-15-16-6-7-17(19(30)13-28)27(16)12-21(24(15)26)36-25(27)34/h10,15-17,20-21,24-25,28,34H,2-9,11-13H2,1H3,(H,31,32)/t15-,16-,17+,20-,21-,24+,25?,26-,27?/m0/s1. The summed E-state index contributed by atoms with van der Waals surface area (Å²) in [6, 6.07) is 0. The van der Waals surface area contributed by atoms with Crippen molar-refractivity contribution in [3.8, 4) is 0 Å². The Kier molecular flexibility index (Phi) is 6.62. The lowest BCUT2D eigenvalue weighted by molar-refractivity contribution is -0.160. The van der Waals surface area contributed by atoms with Gasteiger partial charge in [0.1, 0.15) is 12.7 Å². The molecule has 9 heteroatoms. The molecule has 0 aromatic heterocycles. The zero-order valence-corrected chi connectivity index (χ0v) is 20.7. The summed E-state index contributed by atoms with van der Waals surface area (Å²) in [6.07, 6.45) is 4.00. The van der Waals surface area contributed by atoms with Crippen LogP contribution in [-0.4, -0.2) is 63.9 Å². The molecule has 1 heterocycles. The maximum Gasteiger partial charge on any atom is 0.306 e. The molecule has 5 rings (SSSR count). The minimum Gasteiger partial charge on any atom is -0.481 e. The molecule has 198 valence electrons. The van der Waals surface area contributed by atoms with Gasteiger partial charge in [-0.25, -0.2) is 0 Å². The molecule has 0 aromatic carbocycles. The molecule has 4 fully saturated rings. The molecule has 1 spiro atoms. The highest BCUT2D eigenvalue weighted by Crippen LogP contribution is 2.71. The first-order valence-electron chi connectivity index (χ1n) is 13.2. The predicted octanol–water partition coefficient (Wildman–Crippen LogP) is 2.17. The molecule has 9 atom stereocenters. The van der Waals surface area contributed by atoms with Crippen molar-refractivity contribution in [1.82, 2.24) is 0 Å². The lowest BCUT2D eigenvalue weighted by Crippen LogP contribution is -2.58. The summed E-state index contributed by atoms with van der Waals surface area (Å²) < 4.78 is 12.2. The Balaban J connectivity index is 1.44. The monoisotopic (exact) mass is 504 g/mol. The summed E-state index contributed by atoms with van der Waals surface area (Å²) >= 11 is 0. The summed E-state index contributed by atoms with van der Waals surface area (Å²) in [4.78, 5) is 48.7. The van der Waals surface area contributed by atoms with E-state index < -0.39 is 47.7 Å². The average Bonchev–Trinajstić information content (AvgIpc) is 3.35. The number of aliphatic hydroxyl groups is 2. The summed E-state index contributed by atoms with van der Waals surface area (Å²) in [5.74, 6) is -1.95. The van der Waals surface area contributed by atoms with Crippen LogP contribution in [0.1, 0.15) is 71.1 Å². The number of ether oxygens (including phenoxy) is 2. The van der Waals surface area contributed by atoms with E-state index in [0.717, 1.165) is 12.0 Å². The second kappa shape index (κ2) is 9.33. The number of hydrogen-bond donors (Lipinski definition) is 3. The van der Waals surface area contributed by atoms with Gasteiger partial charge in [-0.2, -0.15) is 0 Å². The van der Waals surface area contributed by atoms with Gasteiger partial charge in [0.15, 0.2) is 17.9 Å². The van der Waals surface area contributed by atoms with Gasteiger partial charge in [-0.3, -0.25) is 19.2 Å². The van der Waals surface area contributed by atoms with Crippen molar-refractivity contribution in [2.24, 2.45) is 34.5 Å². The van der Waals surface area contributed by atoms with Crippen molar-refractivity contribution in [3.63, 3.8) is 0 Å². The Morgan fingerprint density at radius 3 is 2.67 bits per heavy atom. The van der Waals surface area contributed by atoms with E-state index >= 15 is 0 Å². The van der Waals surface area contributed by atoms with Crippen molar-refractivity contribution in [2.45, 2.75) is 89.6 Å². The molecule has 5 aliphatic rings. The van der Waals surface area contributed by atoms with E-state index in [-0.39, 0.29) is 48.3 Å². The molecule has 0 radical (unpaired) electrons. The zero-order valence-electron chi connectivity index (χ0n) is 20.7. The van der Waals surface area contributed by atoms with E-state index in [1.807, 2.05) is 0 Å². The zero-order chi connectivity index (χ0) is 25.8. The van der Waals surface area contributed by atoms with E-state index in [1.54, 1.807) is 6.08 Å². The van der Waals surface area contributed by atoms with Gasteiger partial charge in [0.25, 0.3) is 0 Å². The third kappa shape index (κ3) is 3.85. The smallest absolute Gasteiger partial charge is 0.306 e. The van der Waals surface area contributed by atoms with Gasteiger partial charge in [0, 0.05) is 30.6 Å². The average molecular weight is 505 g/mol. The van der Waals surface area contributed by atoms with Gasteiger partial charge in [0.05, 0.1) is 6.10 Å². The first-order chi connectivity index (χ1) is 17.1. The fourth-order valence-electron chi connectivity index (χ4n) is 8.70. The van der Waals surface area contributed by atoms with Crippen LogP contribution in [0.3, 0.4) is 0 Å². The number of carbonyl (C=O) groups excluding carboxylic acids is 3. The second-order valence-corrected chi connectivity index (χ2v) is 11.7. The van der Waals surface area contributed by atoms with Gasteiger partial charge in [-0.05, 0) is 79.8 Å². The van der Waals surface area contributed by atoms with Crippen LogP contribution in [0, 0.1) is 34.5 Å². The normalized spacial score (nSPS) is 42.7. The van der Waals surface area contributed by atoms with Crippen LogP contribution < -0.4 is 0 Å². The fourth-order valence-corrected chi connectivity index (χ4v) is 8.70. The van der Waals surface area contributed by atoms with Gasteiger partial charge < -0.3 is 24.8 Å². The number of ketones is 2. The molecule has 0 amide bonds. The maximum absolute atomic E-state index is 12.8. The second-order valence-electron chi connectivity index (χ2n) is 11.7. The number of carbonyl (C=O) groups is 4. The molecule has 3 saturated carbocycles. The highest BCUT2D eigenvalue weighted by molar-refractivity contribution is 5.92. The number of carboxylic acids is 1. The maximum atomic E-state index is 12.8. The first kappa shape index (κ1) is 25.5. The van der Waals surface area contributed by atoms with E-state index in [0.29, 0.717) is 44.9 Å². The van der Waals surface area contributed by atoms with Crippen LogP contribution in [-0.2, 0) is 28.7 Å². The molecule has 3 N–H and O–H groups in total. The highest BCUT2D eigenvalue weighted by Gasteiger charge is 2.72. The number of fused-ring (bicyclic) bond motifs is 6. The van der Waals surface area contributed by atoms with Crippen LogP contribution in [0.2, 0.25) is 0 Å². The number of Topliss-reactive ketones (excluding diaryl/α,β-unsaturated/α-hetero) is 1. The number of rotatable bonds is 8. The summed E-state index contributed by atoms with van der Waals surface area (Å²) in [5, 5.41) is 29.6. The largest absolute Gasteiger partial charge is 0.481 e. The lowest BCUT2D eigenvalue weighted by Gasteiger charge is -2.58.